The first kappa shape index (κ1) is 31.2. The van der Waals surface area contributed by atoms with Crippen LogP contribution in [0.1, 0.15) is 83.1 Å². The number of rotatable bonds is 16. The van der Waals surface area contributed by atoms with Crippen LogP contribution in [0.4, 0.5) is 0 Å². The summed E-state index contributed by atoms with van der Waals surface area (Å²) in [4.78, 5) is 0. The van der Waals surface area contributed by atoms with Crippen molar-refractivity contribution in [3.05, 3.63) is 0 Å². The van der Waals surface area contributed by atoms with E-state index in [-0.39, 0.29) is 0 Å². The molecule has 0 aliphatic rings. The molecule has 0 rings (SSSR count). The van der Waals surface area contributed by atoms with Gasteiger partial charge in [-0.2, -0.15) is 0 Å². The first-order valence-corrected chi connectivity index (χ1v) is 29.0. The van der Waals surface area contributed by atoms with Crippen molar-refractivity contribution in [1.82, 2.24) is 0 Å². The molecule has 190 valence electrons. The summed E-state index contributed by atoms with van der Waals surface area (Å²) in [5.41, 5.74) is 0. The Labute approximate surface area is 191 Å². The molecule has 0 nitrogen and oxygen atoms in total. The van der Waals surface area contributed by atoms with Crippen LogP contribution in [0.3, 0.4) is 0 Å². The van der Waals surface area contributed by atoms with Crippen molar-refractivity contribution >= 4 is 24.1 Å². The average molecular weight is 535 g/mol. The third-order valence-corrected chi connectivity index (χ3v) is 109. The fraction of sp³-hybridized carbons (Fsp3) is 1.00. The second-order valence-corrected chi connectivity index (χ2v) is 55.9. The Bertz CT molecular complexity index is 331. The van der Waals surface area contributed by atoms with E-state index < -0.39 is 34.8 Å². The van der Waals surface area contributed by atoms with Crippen LogP contribution >= 0.6 is 24.1 Å². The second-order valence-electron chi connectivity index (χ2n) is 9.06. The first-order chi connectivity index (χ1) is 13.7. The van der Waals surface area contributed by atoms with Crippen molar-refractivity contribution < 1.29 is 10.7 Å². The molecular weight excluding hydrogens is 471 g/mol. The summed E-state index contributed by atoms with van der Waals surface area (Å²) in [6, 6.07) is -5.25. The van der Waals surface area contributed by atoms with Crippen LogP contribution in [0.5, 0.6) is 0 Å². The maximum atomic E-state index is 2.68. The molecule has 0 aromatic carbocycles. The third-order valence-electron chi connectivity index (χ3n) is 9.35. The zero-order chi connectivity index (χ0) is 23.0. The van der Waals surface area contributed by atoms with Crippen molar-refractivity contribution in [3.63, 3.8) is 0 Å². The van der Waals surface area contributed by atoms with Crippen LogP contribution in [0.2, 0.25) is 0 Å². The van der Waals surface area contributed by atoms with E-state index in [9.17, 15) is 0 Å². The van der Waals surface area contributed by atoms with Crippen LogP contribution in [-0.4, -0.2) is 73.9 Å². The summed E-state index contributed by atoms with van der Waals surface area (Å²) in [7, 11) is -0.622. The summed E-state index contributed by atoms with van der Waals surface area (Å²) >= 11 is 0. The van der Waals surface area contributed by atoms with Gasteiger partial charge in [-0.3, -0.25) is 0 Å². The summed E-state index contributed by atoms with van der Waals surface area (Å²) in [5, 5.41) is 0. The fourth-order valence-corrected chi connectivity index (χ4v) is 163. The standard InChI is InChI=1S/4C6H15P.Ni/c4*1-4-7(5-2)6-3;/h4*4-6H2,1-3H3;/q;;;;-4/p+4. The van der Waals surface area contributed by atoms with Crippen LogP contribution < -0.4 is 0 Å². The molecule has 0 N–H and O–H groups in total. The molecular formula is C24H64NiP4. The van der Waals surface area contributed by atoms with Gasteiger partial charge in [0, 0.05) is 0 Å². The average Bonchev–Trinajstić information content (AvgIpc) is 2.79. The van der Waals surface area contributed by atoms with Gasteiger partial charge in [-0.25, -0.2) is 0 Å². The molecule has 0 radical (unpaired) electrons. The molecule has 0 atom stereocenters. The van der Waals surface area contributed by atoms with Gasteiger partial charge >= 0.3 is 192 Å². The van der Waals surface area contributed by atoms with Crippen molar-refractivity contribution in [2.45, 2.75) is 83.1 Å². The normalized spacial score (nSPS) is 19.4. The predicted molar refractivity (Wildman–Crippen MR) is 160 cm³/mol. The fourth-order valence-electron chi connectivity index (χ4n) is 7.15. The Balaban J connectivity index is 8.16. The first-order valence-electron chi connectivity index (χ1n) is 13.4. The van der Waals surface area contributed by atoms with Gasteiger partial charge in [0.25, 0.3) is 0 Å². The van der Waals surface area contributed by atoms with Gasteiger partial charge in [0.15, 0.2) is 0 Å². The van der Waals surface area contributed by atoms with Crippen LogP contribution in [0.15, 0.2) is 0 Å². The van der Waals surface area contributed by atoms with Crippen LogP contribution in [0, 0.1) is 0 Å². The monoisotopic (exact) mass is 534 g/mol. The van der Waals surface area contributed by atoms with E-state index in [0.717, 1.165) is 0 Å². The Morgan fingerprint density at radius 1 is 0.276 bits per heavy atom. The topological polar surface area (TPSA) is 0 Å². The van der Waals surface area contributed by atoms with E-state index in [2.05, 4.69) is 83.1 Å². The Morgan fingerprint density at radius 2 is 0.379 bits per heavy atom. The summed E-state index contributed by atoms with van der Waals surface area (Å²) in [6.07, 6.45) is 19.3. The molecule has 0 spiro atoms. The maximum absolute atomic E-state index is 2.68. The van der Waals surface area contributed by atoms with Crippen molar-refractivity contribution in [3.8, 4) is 0 Å². The van der Waals surface area contributed by atoms with Gasteiger partial charge in [0.1, 0.15) is 0 Å². The van der Waals surface area contributed by atoms with E-state index in [1.165, 1.54) is 0 Å². The molecule has 0 aromatic heterocycles. The molecule has 0 bridgehead atoms. The zero-order valence-electron chi connectivity index (χ0n) is 22.8. The Kier molecular flexibility index (Phi) is 14.2. The van der Waals surface area contributed by atoms with Crippen molar-refractivity contribution in [1.29, 1.82) is 0 Å². The molecule has 0 heterocycles. The molecule has 0 saturated carbocycles. The molecule has 0 unspecified atom stereocenters. The molecule has 0 aliphatic carbocycles. The Morgan fingerprint density at radius 3 is 0.448 bits per heavy atom. The van der Waals surface area contributed by atoms with Gasteiger partial charge in [-0.15, -0.1) is 0 Å². The van der Waals surface area contributed by atoms with Gasteiger partial charge in [-0.05, 0) is 0 Å². The van der Waals surface area contributed by atoms with Gasteiger partial charge in [0.05, 0.1) is 0 Å². The minimum atomic E-state index is -1.31. The van der Waals surface area contributed by atoms with Crippen molar-refractivity contribution in [2.24, 2.45) is 0 Å². The van der Waals surface area contributed by atoms with Gasteiger partial charge < -0.3 is 0 Å². The summed E-state index contributed by atoms with van der Waals surface area (Å²) in [5.74, 6) is 0. The van der Waals surface area contributed by atoms with E-state index >= 15 is 0 Å². The molecule has 0 saturated heterocycles. The molecule has 29 heavy (non-hydrogen) atoms. The minimum absolute atomic E-state index is 0.622. The van der Waals surface area contributed by atoms with Gasteiger partial charge in [0.2, 0.25) is 0 Å². The molecule has 5 heteroatoms. The molecule has 0 amide bonds. The summed E-state index contributed by atoms with van der Waals surface area (Å²) < 4.78 is 0. The van der Waals surface area contributed by atoms with Crippen molar-refractivity contribution in [2.75, 3.05) is 73.9 Å². The van der Waals surface area contributed by atoms with E-state index in [4.69, 9.17) is 0 Å². The van der Waals surface area contributed by atoms with Gasteiger partial charge in [-0.1, -0.05) is 0 Å². The predicted octanol–water partition coefficient (Wildman–Crippen LogP) is 9.04. The summed E-state index contributed by atoms with van der Waals surface area (Å²) in [6.45, 7) is 32.2. The quantitative estimate of drug-likeness (QED) is 0.137. The Hall–Kier alpha value is 2.21. The molecule has 0 fully saturated rings. The zero-order valence-corrected chi connectivity index (χ0v) is 27.8. The number of hydrogen-bond acceptors (Lipinski definition) is 0. The van der Waals surface area contributed by atoms with E-state index in [1.54, 1.807) is 73.9 Å². The van der Waals surface area contributed by atoms with E-state index in [0.29, 0.717) is 0 Å². The SMILES string of the molecule is CC[PH](CC)(CC)[Ni]([PH](CC)(CC)CC)([PH](CC)(CC)CC)[PH](CC)(CC)CC. The van der Waals surface area contributed by atoms with Crippen LogP contribution in [0.25, 0.3) is 0 Å². The molecule has 0 aromatic rings. The van der Waals surface area contributed by atoms with E-state index in [1.807, 2.05) is 0 Å². The number of hydrogen-bond donors (Lipinski definition) is 0. The molecule has 0 aliphatic heterocycles. The second kappa shape index (κ2) is 13.2. The van der Waals surface area contributed by atoms with Crippen LogP contribution in [-0.2, 0) is 10.7 Å². The third kappa shape index (κ3) is 4.37.